The molecule has 15 heavy (non-hydrogen) atoms. The van der Waals surface area contributed by atoms with Crippen molar-refractivity contribution in [1.82, 2.24) is 14.8 Å². The molecule has 1 fully saturated rings. The molecule has 1 aromatic heterocycles. The zero-order valence-corrected chi connectivity index (χ0v) is 9.97. The van der Waals surface area contributed by atoms with E-state index in [1.54, 1.807) is 0 Å². The Morgan fingerprint density at radius 2 is 2.40 bits per heavy atom. The van der Waals surface area contributed by atoms with Crippen LogP contribution in [0.5, 0.6) is 0 Å². The van der Waals surface area contributed by atoms with Gasteiger partial charge in [-0.2, -0.15) is 5.10 Å². The summed E-state index contributed by atoms with van der Waals surface area (Å²) in [5, 5.41) is 15.9. The van der Waals surface area contributed by atoms with Crippen LogP contribution in [0.4, 0.5) is 0 Å². The minimum absolute atomic E-state index is 0.0515. The highest BCUT2D eigenvalue weighted by Gasteiger charge is 2.33. The molecule has 2 N–H and O–H groups in total. The van der Waals surface area contributed by atoms with Crippen LogP contribution in [0, 0.1) is 10.2 Å². The molecular formula is C10H17N3OS. The van der Waals surface area contributed by atoms with Crippen molar-refractivity contribution in [3.8, 4) is 0 Å². The first kappa shape index (κ1) is 10.8. The lowest BCUT2D eigenvalue weighted by molar-refractivity contribution is 0.257. The van der Waals surface area contributed by atoms with Gasteiger partial charge in [0, 0.05) is 6.04 Å². The van der Waals surface area contributed by atoms with E-state index in [1.165, 1.54) is 6.42 Å². The monoisotopic (exact) mass is 227 g/mol. The van der Waals surface area contributed by atoms with Gasteiger partial charge in [-0.25, -0.2) is 0 Å². The lowest BCUT2D eigenvalue weighted by atomic mass is 9.92. The maximum absolute atomic E-state index is 9.17. The van der Waals surface area contributed by atoms with E-state index in [2.05, 4.69) is 24.0 Å². The number of aliphatic hydroxyl groups excluding tert-OH is 1. The predicted molar refractivity (Wildman–Crippen MR) is 60.0 cm³/mol. The van der Waals surface area contributed by atoms with Crippen LogP contribution in [0.1, 0.15) is 45.0 Å². The molecule has 1 saturated carbocycles. The maximum atomic E-state index is 9.17. The quantitative estimate of drug-likeness (QED) is 0.761. The first-order valence-corrected chi connectivity index (χ1v) is 5.71. The molecule has 0 spiro atoms. The van der Waals surface area contributed by atoms with Crippen molar-refractivity contribution in [3.63, 3.8) is 0 Å². The van der Waals surface area contributed by atoms with Crippen LogP contribution in [-0.2, 0) is 6.61 Å². The van der Waals surface area contributed by atoms with Crippen molar-refractivity contribution in [2.24, 2.45) is 5.41 Å². The van der Waals surface area contributed by atoms with Gasteiger partial charge in [0.15, 0.2) is 10.6 Å². The zero-order valence-electron chi connectivity index (χ0n) is 9.16. The highest BCUT2D eigenvalue weighted by atomic mass is 32.1. The molecule has 1 aliphatic carbocycles. The van der Waals surface area contributed by atoms with Gasteiger partial charge >= 0.3 is 0 Å². The number of aromatic amines is 1. The minimum atomic E-state index is -0.0515. The summed E-state index contributed by atoms with van der Waals surface area (Å²) in [5.41, 5.74) is 0.378. The van der Waals surface area contributed by atoms with Crippen molar-refractivity contribution >= 4 is 12.2 Å². The Morgan fingerprint density at radius 3 is 2.93 bits per heavy atom. The molecule has 1 unspecified atom stereocenters. The summed E-state index contributed by atoms with van der Waals surface area (Å²) in [4.78, 5) is 0. The van der Waals surface area contributed by atoms with Gasteiger partial charge in [0.05, 0.1) is 0 Å². The van der Waals surface area contributed by atoms with Gasteiger partial charge in [-0.05, 0) is 36.9 Å². The molecule has 1 heterocycles. The number of aromatic nitrogens is 3. The molecule has 1 atom stereocenters. The fourth-order valence-corrected chi connectivity index (χ4v) is 2.75. The second-order valence-corrected chi connectivity index (χ2v) is 5.42. The third kappa shape index (κ3) is 1.99. The van der Waals surface area contributed by atoms with E-state index in [9.17, 15) is 5.11 Å². The Labute approximate surface area is 94.3 Å². The standard InChI is InChI=1S/C10H17N3OS/c1-10(2)4-3-7(5-10)13-8(6-14)11-12-9(13)15/h7,14H,3-6H2,1-2H3,(H,12,15). The summed E-state index contributed by atoms with van der Waals surface area (Å²) >= 11 is 5.18. The molecule has 0 amide bonds. The second kappa shape index (κ2) is 3.72. The number of hydrogen-bond acceptors (Lipinski definition) is 3. The summed E-state index contributed by atoms with van der Waals surface area (Å²) in [6.07, 6.45) is 3.43. The molecule has 0 bridgehead atoms. The van der Waals surface area contributed by atoms with E-state index in [-0.39, 0.29) is 6.61 Å². The van der Waals surface area contributed by atoms with Crippen LogP contribution in [0.2, 0.25) is 0 Å². The second-order valence-electron chi connectivity index (χ2n) is 5.03. The molecule has 4 nitrogen and oxygen atoms in total. The van der Waals surface area contributed by atoms with E-state index in [4.69, 9.17) is 12.2 Å². The fourth-order valence-electron chi connectivity index (χ4n) is 2.45. The van der Waals surface area contributed by atoms with E-state index in [1.807, 2.05) is 4.57 Å². The number of aliphatic hydroxyl groups is 1. The lowest BCUT2D eigenvalue weighted by Crippen LogP contribution is -2.12. The Morgan fingerprint density at radius 1 is 1.67 bits per heavy atom. The molecule has 0 aromatic carbocycles. The Bertz CT molecular complexity index is 407. The number of rotatable bonds is 2. The summed E-state index contributed by atoms with van der Waals surface area (Å²) in [7, 11) is 0. The van der Waals surface area contributed by atoms with Crippen molar-refractivity contribution in [3.05, 3.63) is 10.6 Å². The SMILES string of the molecule is CC1(C)CCC(n2c(CO)n[nH]c2=S)C1. The molecule has 0 saturated heterocycles. The van der Waals surface area contributed by atoms with E-state index in [0.29, 0.717) is 22.1 Å². The van der Waals surface area contributed by atoms with Gasteiger partial charge < -0.3 is 5.11 Å². The smallest absolute Gasteiger partial charge is 0.195 e. The van der Waals surface area contributed by atoms with Gasteiger partial charge in [-0.15, -0.1) is 0 Å². The Hall–Kier alpha value is -0.680. The van der Waals surface area contributed by atoms with E-state index < -0.39 is 0 Å². The van der Waals surface area contributed by atoms with Crippen LogP contribution in [0.25, 0.3) is 0 Å². The van der Waals surface area contributed by atoms with E-state index >= 15 is 0 Å². The van der Waals surface area contributed by atoms with E-state index in [0.717, 1.165) is 12.8 Å². The van der Waals surface area contributed by atoms with Crippen LogP contribution < -0.4 is 0 Å². The van der Waals surface area contributed by atoms with Crippen LogP contribution in [0.15, 0.2) is 0 Å². The topological polar surface area (TPSA) is 53.8 Å². The van der Waals surface area contributed by atoms with Gasteiger partial charge in [0.1, 0.15) is 6.61 Å². The van der Waals surface area contributed by atoms with Crippen LogP contribution >= 0.6 is 12.2 Å². The third-order valence-corrected chi connectivity index (χ3v) is 3.51. The normalized spacial score (nSPS) is 24.6. The molecule has 5 heteroatoms. The average Bonchev–Trinajstić information content (AvgIpc) is 2.69. The molecule has 0 radical (unpaired) electrons. The number of H-pyrrole nitrogens is 1. The van der Waals surface area contributed by atoms with Crippen molar-refractivity contribution in [2.75, 3.05) is 0 Å². The van der Waals surface area contributed by atoms with Gasteiger partial charge in [0.25, 0.3) is 0 Å². The molecule has 84 valence electrons. The Kier molecular flexibility index (Phi) is 2.68. The summed E-state index contributed by atoms with van der Waals surface area (Å²) < 4.78 is 2.60. The molecule has 0 aliphatic heterocycles. The van der Waals surface area contributed by atoms with Crippen LogP contribution in [0.3, 0.4) is 0 Å². The summed E-state index contributed by atoms with van der Waals surface area (Å²) in [6, 6.07) is 0.397. The van der Waals surface area contributed by atoms with Gasteiger partial charge in [-0.1, -0.05) is 13.8 Å². The molecule has 2 rings (SSSR count). The first-order chi connectivity index (χ1) is 7.03. The number of hydrogen-bond donors (Lipinski definition) is 2. The lowest BCUT2D eigenvalue weighted by Gasteiger charge is -2.18. The van der Waals surface area contributed by atoms with Crippen molar-refractivity contribution in [2.45, 2.75) is 45.8 Å². The third-order valence-electron chi connectivity index (χ3n) is 3.23. The van der Waals surface area contributed by atoms with Gasteiger partial charge in [-0.3, -0.25) is 9.67 Å². The number of nitrogens with one attached hydrogen (secondary N) is 1. The fraction of sp³-hybridized carbons (Fsp3) is 0.800. The summed E-state index contributed by atoms with van der Waals surface area (Å²) in [6.45, 7) is 4.49. The maximum Gasteiger partial charge on any atom is 0.195 e. The summed E-state index contributed by atoms with van der Waals surface area (Å²) in [5.74, 6) is 0.655. The average molecular weight is 227 g/mol. The molecular weight excluding hydrogens is 210 g/mol. The predicted octanol–water partition coefficient (Wildman–Crippen LogP) is 2.18. The Balaban J connectivity index is 2.31. The largest absolute Gasteiger partial charge is 0.388 e. The highest BCUT2D eigenvalue weighted by Crippen LogP contribution is 2.43. The number of nitrogens with zero attached hydrogens (tertiary/aromatic N) is 2. The zero-order chi connectivity index (χ0) is 11.1. The highest BCUT2D eigenvalue weighted by molar-refractivity contribution is 7.71. The van der Waals surface area contributed by atoms with Crippen molar-refractivity contribution < 1.29 is 5.11 Å². The molecule has 1 aromatic rings. The first-order valence-electron chi connectivity index (χ1n) is 5.30. The minimum Gasteiger partial charge on any atom is -0.388 e. The molecule has 1 aliphatic rings. The van der Waals surface area contributed by atoms with Crippen molar-refractivity contribution in [1.29, 1.82) is 0 Å². The van der Waals surface area contributed by atoms with Gasteiger partial charge in [0.2, 0.25) is 0 Å². The van der Waals surface area contributed by atoms with Crippen LogP contribution in [-0.4, -0.2) is 19.9 Å².